The van der Waals surface area contributed by atoms with E-state index >= 15 is 0 Å². The van der Waals surface area contributed by atoms with Gasteiger partial charge in [-0.3, -0.25) is 4.89 Å². The van der Waals surface area contributed by atoms with Gasteiger partial charge in [0.25, 0.3) is 0 Å². The van der Waals surface area contributed by atoms with Gasteiger partial charge in [0.15, 0.2) is 0 Å². The first-order valence-corrected chi connectivity index (χ1v) is 11.4. The third-order valence-electron chi connectivity index (χ3n) is 5.14. The second kappa shape index (κ2) is 12.1. The van der Waals surface area contributed by atoms with Gasteiger partial charge in [-0.15, -0.1) is 0 Å². The Hall–Kier alpha value is -3.97. The molecule has 0 heterocycles. The highest BCUT2D eigenvalue weighted by atomic mass is 17.2. The first-order valence-electron chi connectivity index (χ1n) is 11.4. The molecule has 1 N–H and O–H groups in total. The summed E-state index contributed by atoms with van der Waals surface area (Å²) in [5.74, 6) is -2.12. The zero-order valence-electron chi connectivity index (χ0n) is 21.4. The quantitative estimate of drug-likeness (QED) is 0.328. The fourth-order valence-electron chi connectivity index (χ4n) is 3.52. The molecule has 0 atom stereocenters. The molecule has 0 amide bonds. The van der Waals surface area contributed by atoms with Crippen molar-refractivity contribution in [2.24, 2.45) is 0 Å². The van der Waals surface area contributed by atoms with Crippen LogP contribution in [0.5, 0.6) is 0 Å². The lowest BCUT2D eigenvalue weighted by molar-refractivity contribution is -0.187. The van der Waals surface area contributed by atoms with Crippen LogP contribution in [0.15, 0.2) is 78.9 Å². The lowest BCUT2D eigenvalue weighted by atomic mass is 9.73. The van der Waals surface area contributed by atoms with Crippen LogP contribution in [0, 0.1) is 0 Å². The zero-order chi connectivity index (χ0) is 26.9. The third-order valence-corrected chi connectivity index (χ3v) is 5.14. The van der Waals surface area contributed by atoms with E-state index in [1.165, 1.54) is 0 Å². The van der Waals surface area contributed by atoms with E-state index in [4.69, 9.17) is 5.26 Å². The second-order valence-electron chi connectivity index (χ2n) is 10.1. The van der Waals surface area contributed by atoms with Crippen LogP contribution < -0.4 is 0 Å². The van der Waals surface area contributed by atoms with Crippen LogP contribution in [-0.2, 0) is 25.5 Å². The minimum Gasteiger partial charge on any atom is -0.295 e. The summed E-state index contributed by atoms with van der Waals surface area (Å²) in [5, 5.41) is 8.62. The Bertz CT molecular complexity index is 1120. The van der Waals surface area contributed by atoms with Gasteiger partial charge in [-0.05, 0) is 52.3 Å². The lowest BCUT2D eigenvalue weighted by Gasteiger charge is -2.31. The van der Waals surface area contributed by atoms with Gasteiger partial charge >= 0.3 is 17.9 Å². The van der Waals surface area contributed by atoms with Crippen molar-refractivity contribution >= 4 is 17.9 Å². The van der Waals surface area contributed by atoms with Crippen LogP contribution in [0.25, 0.3) is 0 Å². The van der Waals surface area contributed by atoms with Crippen LogP contribution in [-0.4, -0.2) is 23.2 Å². The Labute approximate surface area is 211 Å². The Morgan fingerprint density at radius 3 is 1.39 bits per heavy atom. The van der Waals surface area contributed by atoms with Crippen molar-refractivity contribution in [2.75, 3.05) is 0 Å². The van der Waals surface area contributed by atoms with Crippen LogP contribution in [0.1, 0.15) is 83.7 Å². The fourth-order valence-corrected chi connectivity index (χ4v) is 3.52. The van der Waals surface area contributed by atoms with Gasteiger partial charge in [-0.1, -0.05) is 90.1 Å². The predicted molar refractivity (Wildman–Crippen MR) is 136 cm³/mol. The van der Waals surface area contributed by atoms with Crippen LogP contribution in [0.2, 0.25) is 0 Å². The molecule has 3 aromatic carbocycles. The highest BCUT2D eigenvalue weighted by Crippen LogP contribution is 2.36. The molecule has 0 radical (unpaired) electrons. The van der Waals surface area contributed by atoms with E-state index in [9.17, 15) is 14.4 Å². The summed E-state index contributed by atoms with van der Waals surface area (Å²) >= 11 is 0. The molecule has 3 aromatic rings. The maximum absolute atomic E-state index is 11.7. The molecule has 0 aromatic heterocycles. The first kappa shape index (κ1) is 28.3. The molecule has 7 heteroatoms. The van der Waals surface area contributed by atoms with Gasteiger partial charge in [0.1, 0.15) is 0 Å². The molecule has 0 saturated heterocycles. The molecular weight excluding hydrogens is 460 g/mol. The summed E-state index contributed by atoms with van der Waals surface area (Å²) in [5.41, 5.74) is 2.81. The maximum atomic E-state index is 11.7. The van der Waals surface area contributed by atoms with E-state index in [1.807, 2.05) is 32.9 Å². The van der Waals surface area contributed by atoms with Crippen molar-refractivity contribution in [3.8, 4) is 0 Å². The van der Waals surface area contributed by atoms with E-state index in [0.29, 0.717) is 16.7 Å². The van der Waals surface area contributed by atoms with Gasteiger partial charge in [0.2, 0.25) is 0 Å². The largest absolute Gasteiger partial charge is 0.386 e. The van der Waals surface area contributed by atoms with Gasteiger partial charge < -0.3 is 0 Å². The molecular formula is C29H32O7. The molecule has 3 rings (SSSR count). The van der Waals surface area contributed by atoms with Crippen LogP contribution in [0.3, 0.4) is 0 Å². The molecule has 0 spiro atoms. The van der Waals surface area contributed by atoms with E-state index in [0.717, 1.165) is 11.1 Å². The van der Waals surface area contributed by atoms with Gasteiger partial charge in [0.05, 0.1) is 16.7 Å². The molecule has 36 heavy (non-hydrogen) atoms. The van der Waals surface area contributed by atoms with E-state index in [1.54, 1.807) is 66.7 Å². The molecule has 0 aliphatic rings. The molecule has 0 bridgehead atoms. The molecule has 0 unspecified atom stereocenters. The monoisotopic (exact) mass is 492 g/mol. The standard InChI is InChI=1S/C15H22O3.C14H10O4/c1-14(2,3)11-9-7-8-10(13(16)18-17)12(11)15(4,5)6;15-13(11-7-3-1-4-8-11)17-18-14(16)12-9-5-2-6-10-12/h7-9,17H,1-6H3;1-10H. The van der Waals surface area contributed by atoms with E-state index in [2.05, 4.69) is 35.4 Å². The average Bonchev–Trinajstić information content (AvgIpc) is 2.86. The summed E-state index contributed by atoms with van der Waals surface area (Å²) in [6, 6.07) is 22.1. The van der Waals surface area contributed by atoms with Crippen LogP contribution in [0.4, 0.5) is 0 Å². The fraction of sp³-hybridized carbons (Fsp3) is 0.276. The highest BCUT2D eigenvalue weighted by Gasteiger charge is 2.30. The Morgan fingerprint density at radius 2 is 1.03 bits per heavy atom. The number of hydrogen-bond acceptors (Lipinski definition) is 7. The molecule has 7 nitrogen and oxygen atoms in total. The number of rotatable bonds is 3. The normalized spacial score (nSPS) is 11.0. The number of benzene rings is 3. The summed E-state index contributed by atoms with van der Waals surface area (Å²) in [6.07, 6.45) is 0. The molecule has 0 fully saturated rings. The van der Waals surface area contributed by atoms with Crippen molar-refractivity contribution in [2.45, 2.75) is 52.4 Å². The second-order valence-corrected chi connectivity index (χ2v) is 10.1. The molecule has 0 aliphatic carbocycles. The predicted octanol–water partition coefficient (Wildman–Crippen LogP) is 6.53. The van der Waals surface area contributed by atoms with Crippen molar-refractivity contribution in [1.82, 2.24) is 0 Å². The van der Waals surface area contributed by atoms with E-state index < -0.39 is 17.9 Å². The van der Waals surface area contributed by atoms with Crippen LogP contribution >= 0.6 is 0 Å². The van der Waals surface area contributed by atoms with Crippen molar-refractivity contribution in [3.63, 3.8) is 0 Å². The first-order chi connectivity index (χ1) is 16.9. The van der Waals surface area contributed by atoms with Crippen molar-refractivity contribution in [1.29, 1.82) is 0 Å². The Balaban J connectivity index is 0.000000254. The summed E-state index contributed by atoms with van der Waals surface area (Å²) in [4.78, 5) is 47.5. The maximum Gasteiger partial charge on any atom is 0.386 e. The molecule has 0 aliphatic heterocycles. The number of carbonyl (C=O) groups is 3. The summed E-state index contributed by atoms with van der Waals surface area (Å²) in [7, 11) is 0. The highest BCUT2D eigenvalue weighted by molar-refractivity contribution is 5.92. The number of carbonyl (C=O) groups excluding carboxylic acids is 3. The third kappa shape index (κ3) is 7.78. The summed E-state index contributed by atoms with van der Waals surface area (Å²) < 4.78 is 0. The molecule has 190 valence electrons. The number of hydrogen-bond donors (Lipinski definition) is 1. The minimum atomic E-state index is -0.708. The van der Waals surface area contributed by atoms with E-state index in [-0.39, 0.29) is 10.8 Å². The lowest BCUT2D eigenvalue weighted by Crippen LogP contribution is -2.25. The Morgan fingerprint density at radius 1 is 0.583 bits per heavy atom. The van der Waals surface area contributed by atoms with Crippen molar-refractivity contribution in [3.05, 3.63) is 107 Å². The SMILES string of the molecule is CC(C)(C)c1cccc(C(=O)OO)c1C(C)(C)C.O=C(OOC(=O)c1ccccc1)c1ccccc1. The smallest absolute Gasteiger partial charge is 0.295 e. The topological polar surface area (TPSA) is 99.1 Å². The minimum absolute atomic E-state index is 0.0750. The Kier molecular flexibility index (Phi) is 9.53. The van der Waals surface area contributed by atoms with Gasteiger partial charge in [-0.25, -0.2) is 24.2 Å². The average molecular weight is 493 g/mol. The molecule has 0 saturated carbocycles. The van der Waals surface area contributed by atoms with Gasteiger partial charge in [0, 0.05) is 0 Å². The van der Waals surface area contributed by atoms with Gasteiger partial charge in [-0.2, -0.15) is 5.26 Å². The zero-order valence-corrected chi connectivity index (χ0v) is 21.4. The van der Waals surface area contributed by atoms with Crippen molar-refractivity contribution < 1.29 is 34.3 Å². The summed E-state index contributed by atoms with van der Waals surface area (Å²) in [6.45, 7) is 12.5.